The van der Waals surface area contributed by atoms with Gasteiger partial charge in [-0.2, -0.15) is 0 Å². The van der Waals surface area contributed by atoms with E-state index in [1.165, 1.54) is 12.1 Å². The average Bonchev–Trinajstić information content (AvgIpc) is 3.15. The van der Waals surface area contributed by atoms with E-state index in [2.05, 4.69) is 82.7 Å². The van der Waals surface area contributed by atoms with Crippen LogP contribution in [0.2, 0.25) is 0 Å². The SMILES string of the molecule is CC(CCC(=O)NCCc1ccc(O)c(O)c1)(c1ccc2c(c1)CN(c1ccccc1)CO2)c1ccc2c(c1)CN(c1ccccc1)CO2. The van der Waals surface area contributed by atoms with E-state index in [1.807, 2.05) is 36.4 Å². The Morgan fingerprint density at radius 1 is 0.714 bits per heavy atom. The number of amides is 1. The molecule has 0 bridgehead atoms. The van der Waals surface area contributed by atoms with Gasteiger partial charge in [0.1, 0.15) is 11.5 Å². The minimum absolute atomic E-state index is 0.0395. The second-order valence-electron chi connectivity index (χ2n) is 13.0. The normalized spacial score (nSPS) is 13.9. The molecule has 5 aromatic rings. The van der Waals surface area contributed by atoms with Crippen molar-refractivity contribution in [1.82, 2.24) is 5.32 Å². The monoisotopic (exact) mass is 655 g/mol. The molecule has 2 aliphatic rings. The van der Waals surface area contributed by atoms with E-state index < -0.39 is 5.41 Å². The Bertz CT molecular complexity index is 1830. The number of para-hydroxylation sites is 2. The van der Waals surface area contributed by atoms with Crippen LogP contribution < -0.4 is 24.6 Å². The molecule has 8 nitrogen and oxygen atoms in total. The highest BCUT2D eigenvalue weighted by molar-refractivity contribution is 5.76. The van der Waals surface area contributed by atoms with Gasteiger partial charge in [0.25, 0.3) is 0 Å². The lowest BCUT2D eigenvalue weighted by molar-refractivity contribution is -0.121. The van der Waals surface area contributed by atoms with E-state index in [9.17, 15) is 15.0 Å². The minimum Gasteiger partial charge on any atom is -0.504 e. The van der Waals surface area contributed by atoms with Gasteiger partial charge in [-0.3, -0.25) is 4.79 Å². The lowest BCUT2D eigenvalue weighted by atomic mass is 9.72. The van der Waals surface area contributed by atoms with E-state index in [0.29, 0.717) is 39.3 Å². The number of rotatable bonds is 10. The molecule has 0 saturated carbocycles. The highest BCUT2D eigenvalue weighted by Gasteiger charge is 2.33. The maximum atomic E-state index is 13.3. The third-order valence-corrected chi connectivity index (χ3v) is 9.74. The predicted molar refractivity (Wildman–Crippen MR) is 191 cm³/mol. The Balaban J connectivity index is 1.15. The highest BCUT2D eigenvalue weighted by Crippen LogP contribution is 2.42. The molecule has 0 aromatic heterocycles. The molecular weight excluding hydrogens is 614 g/mol. The number of phenolic OH excluding ortho intramolecular Hbond substituents is 2. The van der Waals surface area contributed by atoms with Crippen molar-refractivity contribution in [3.63, 3.8) is 0 Å². The molecule has 0 unspecified atom stereocenters. The Hall–Kier alpha value is -5.63. The van der Waals surface area contributed by atoms with Gasteiger partial charge in [-0.25, -0.2) is 0 Å². The first-order valence-electron chi connectivity index (χ1n) is 16.8. The summed E-state index contributed by atoms with van der Waals surface area (Å²) in [5.41, 5.74) is 7.02. The molecule has 0 aliphatic carbocycles. The minimum atomic E-state index is -0.492. The summed E-state index contributed by atoms with van der Waals surface area (Å²) < 4.78 is 12.4. The van der Waals surface area contributed by atoms with E-state index in [1.54, 1.807) is 6.07 Å². The molecule has 2 aliphatic heterocycles. The molecule has 0 saturated heterocycles. The van der Waals surface area contributed by atoms with Crippen LogP contribution in [0, 0.1) is 0 Å². The summed E-state index contributed by atoms with van der Waals surface area (Å²) >= 11 is 0. The van der Waals surface area contributed by atoms with Crippen molar-refractivity contribution in [2.75, 3.05) is 29.8 Å². The first-order valence-corrected chi connectivity index (χ1v) is 16.8. The fourth-order valence-electron chi connectivity index (χ4n) is 6.76. The number of ether oxygens (including phenoxy) is 2. The molecule has 0 radical (unpaired) electrons. The fourth-order valence-corrected chi connectivity index (χ4v) is 6.76. The van der Waals surface area contributed by atoms with Gasteiger partial charge in [0.05, 0.1) is 0 Å². The summed E-state index contributed by atoms with van der Waals surface area (Å²) in [6.45, 7) is 5.07. The molecular formula is C41H41N3O5. The number of phenols is 2. The van der Waals surface area contributed by atoms with Crippen molar-refractivity contribution >= 4 is 17.3 Å². The van der Waals surface area contributed by atoms with Crippen LogP contribution >= 0.6 is 0 Å². The van der Waals surface area contributed by atoms with E-state index in [0.717, 1.165) is 63.8 Å². The molecule has 0 fully saturated rings. The lowest BCUT2D eigenvalue weighted by Crippen LogP contribution is -2.34. The molecule has 3 N–H and O–H groups in total. The second kappa shape index (κ2) is 13.8. The largest absolute Gasteiger partial charge is 0.504 e. The number of hydrogen-bond donors (Lipinski definition) is 3. The van der Waals surface area contributed by atoms with Crippen LogP contribution in [0.1, 0.15) is 47.6 Å². The fraction of sp³-hybridized carbons (Fsp3) is 0.244. The van der Waals surface area contributed by atoms with Gasteiger partial charge in [-0.05, 0) is 90.2 Å². The molecule has 0 spiro atoms. The summed E-state index contributed by atoms with van der Waals surface area (Å²) in [5.74, 6) is 1.41. The van der Waals surface area contributed by atoms with Gasteiger partial charge in [0, 0.05) is 54.0 Å². The van der Waals surface area contributed by atoms with E-state index in [4.69, 9.17) is 9.47 Å². The van der Waals surface area contributed by atoms with Gasteiger partial charge >= 0.3 is 0 Å². The standard InChI is InChI=1S/C41H41N3O5/c1-41(20-18-40(47)42-21-19-29-12-15-36(45)37(46)22-29,32-13-16-38-30(23-32)25-43(27-48-38)34-8-4-2-5-9-34)33-14-17-39-31(24-33)26-44(28-49-39)35-10-6-3-7-11-35/h2-17,22-24,45-46H,18-21,25-28H2,1H3,(H,42,47). The molecule has 1 amide bonds. The highest BCUT2D eigenvalue weighted by atomic mass is 16.5. The van der Waals surface area contributed by atoms with Crippen molar-refractivity contribution in [2.45, 2.75) is 44.7 Å². The Kier molecular flexibility index (Phi) is 9.03. The molecule has 7 rings (SSSR count). The quantitative estimate of drug-likeness (QED) is 0.136. The number of benzene rings is 5. The van der Waals surface area contributed by atoms with Crippen LogP contribution in [0.3, 0.4) is 0 Å². The van der Waals surface area contributed by atoms with Crippen LogP contribution in [0.5, 0.6) is 23.0 Å². The topological polar surface area (TPSA) is 94.5 Å². The molecule has 5 aromatic carbocycles. The van der Waals surface area contributed by atoms with Crippen LogP contribution in [0.4, 0.5) is 11.4 Å². The number of aromatic hydroxyl groups is 2. The second-order valence-corrected chi connectivity index (χ2v) is 13.0. The molecule has 250 valence electrons. The molecule has 8 heteroatoms. The molecule has 2 heterocycles. The first-order chi connectivity index (χ1) is 23.9. The Morgan fingerprint density at radius 2 is 1.27 bits per heavy atom. The van der Waals surface area contributed by atoms with Gasteiger partial charge < -0.3 is 34.8 Å². The van der Waals surface area contributed by atoms with Crippen molar-refractivity contribution in [2.24, 2.45) is 0 Å². The third kappa shape index (κ3) is 6.99. The summed E-state index contributed by atoms with van der Waals surface area (Å²) in [6.07, 6.45) is 1.45. The third-order valence-electron chi connectivity index (χ3n) is 9.74. The predicted octanol–water partition coefficient (Wildman–Crippen LogP) is 7.26. The zero-order chi connectivity index (χ0) is 33.8. The van der Waals surface area contributed by atoms with Gasteiger partial charge in [-0.1, -0.05) is 61.5 Å². The van der Waals surface area contributed by atoms with Crippen LogP contribution in [0.15, 0.2) is 115 Å². The Labute approximate surface area is 287 Å². The Morgan fingerprint density at radius 3 is 1.80 bits per heavy atom. The summed E-state index contributed by atoms with van der Waals surface area (Å²) in [6, 6.07) is 38.2. The van der Waals surface area contributed by atoms with Gasteiger partial charge in [0.2, 0.25) is 5.91 Å². The number of fused-ring (bicyclic) bond motifs is 2. The summed E-state index contributed by atoms with van der Waals surface area (Å²) in [7, 11) is 0. The van der Waals surface area contributed by atoms with E-state index >= 15 is 0 Å². The van der Waals surface area contributed by atoms with Crippen LogP contribution in [-0.2, 0) is 29.7 Å². The molecule has 0 atom stereocenters. The maximum absolute atomic E-state index is 13.3. The maximum Gasteiger partial charge on any atom is 0.220 e. The number of carbonyl (C=O) groups is 1. The zero-order valence-electron chi connectivity index (χ0n) is 27.6. The zero-order valence-corrected chi connectivity index (χ0v) is 27.6. The number of nitrogens with one attached hydrogen (secondary N) is 1. The van der Waals surface area contributed by atoms with Gasteiger partial charge in [0.15, 0.2) is 25.0 Å². The number of carbonyl (C=O) groups excluding carboxylic acids is 1. The lowest BCUT2D eigenvalue weighted by Gasteiger charge is -2.36. The van der Waals surface area contributed by atoms with Crippen molar-refractivity contribution in [3.05, 3.63) is 143 Å². The van der Waals surface area contributed by atoms with Crippen molar-refractivity contribution < 1.29 is 24.5 Å². The van der Waals surface area contributed by atoms with Crippen LogP contribution in [0.25, 0.3) is 0 Å². The number of anilines is 2. The number of hydrogen-bond acceptors (Lipinski definition) is 7. The number of nitrogens with zero attached hydrogens (tertiary/aromatic N) is 2. The smallest absolute Gasteiger partial charge is 0.220 e. The van der Waals surface area contributed by atoms with Crippen molar-refractivity contribution in [3.8, 4) is 23.0 Å². The van der Waals surface area contributed by atoms with Gasteiger partial charge in [-0.15, -0.1) is 0 Å². The van der Waals surface area contributed by atoms with E-state index in [-0.39, 0.29) is 17.4 Å². The van der Waals surface area contributed by atoms with Crippen molar-refractivity contribution in [1.29, 1.82) is 0 Å². The summed E-state index contributed by atoms with van der Waals surface area (Å²) in [4.78, 5) is 17.7. The average molecular weight is 656 g/mol. The molecule has 49 heavy (non-hydrogen) atoms. The first kappa shape index (κ1) is 31.9. The summed E-state index contributed by atoms with van der Waals surface area (Å²) in [5, 5.41) is 22.5. The van der Waals surface area contributed by atoms with Crippen LogP contribution in [-0.4, -0.2) is 36.1 Å².